The number of nitrogens with one attached hydrogen (secondary N) is 1. The van der Waals surface area contributed by atoms with E-state index in [4.69, 9.17) is 9.84 Å². The highest BCUT2D eigenvalue weighted by molar-refractivity contribution is 4.61. The third kappa shape index (κ3) is 6.99. The van der Waals surface area contributed by atoms with E-state index >= 15 is 0 Å². The van der Waals surface area contributed by atoms with E-state index in [1.165, 1.54) is 0 Å². The molecule has 80 valence electrons. The van der Waals surface area contributed by atoms with Gasteiger partial charge in [0.2, 0.25) is 0 Å². The number of likely N-dealkylation sites (N-methyl/N-ethyl adjacent to an activating group) is 1. The number of hydrogen-bond acceptors (Lipinski definition) is 3. The predicted molar refractivity (Wildman–Crippen MR) is 54.9 cm³/mol. The zero-order valence-corrected chi connectivity index (χ0v) is 9.05. The lowest BCUT2D eigenvalue weighted by Gasteiger charge is -2.16. The van der Waals surface area contributed by atoms with Crippen LogP contribution in [0.3, 0.4) is 0 Å². The molecule has 2 N–H and O–H groups in total. The molecule has 0 spiro atoms. The third-order valence-electron chi connectivity index (χ3n) is 2.19. The molecule has 3 nitrogen and oxygen atoms in total. The van der Waals surface area contributed by atoms with Crippen molar-refractivity contribution >= 4 is 0 Å². The van der Waals surface area contributed by atoms with Crippen LogP contribution in [0.25, 0.3) is 0 Å². The molecule has 3 heteroatoms. The summed E-state index contributed by atoms with van der Waals surface area (Å²) in [6.07, 6.45) is 3.50. The summed E-state index contributed by atoms with van der Waals surface area (Å²) in [5.41, 5.74) is 0. The summed E-state index contributed by atoms with van der Waals surface area (Å²) in [6.45, 7) is 5.16. The van der Waals surface area contributed by atoms with Gasteiger partial charge in [0.05, 0.1) is 12.7 Å². The highest BCUT2D eigenvalue weighted by Gasteiger charge is 2.05. The summed E-state index contributed by atoms with van der Waals surface area (Å²) in [5.74, 6) is 0. The molecule has 13 heavy (non-hydrogen) atoms. The number of hydrogen-bond donors (Lipinski definition) is 2. The van der Waals surface area contributed by atoms with Gasteiger partial charge >= 0.3 is 0 Å². The van der Waals surface area contributed by atoms with Crippen molar-refractivity contribution in [3.05, 3.63) is 0 Å². The maximum Gasteiger partial charge on any atom is 0.0585 e. The molecular formula is C10H23NO2. The Labute approximate surface area is 81.5 Å². The van der Waals surface area contributed by atoms with Gasteiger partial charge < -0.3 is 15.2 Å². The smallest absolute Gasteiger partial charge is 0.0585 e. The molecule has 2 atom stereocenters. The largest absolute Gasteiger partial charge is 0.395 e. The molecule has 0 saturated carbocycles. The van der Waals surface area contributed by atoms with Crippen LogP contribution in [0.4, 0.5) is 0 Å². The molecule has 0 rings (SSSR count). The topological polar surface area (TPSA) is 41.5 Å². The Morgan fingerprint density at radius 2 is 2.08 bits per heavy atom. The molecule has 0 aromatic rings. The Morgan fingerprint density at radius 1 is 1.38 bits per heavy atom. The lowest BCUT2D eigenvalue weighted by atomic mass is 10.2. The van der Waals surface area contributed by atoms with Crippen molar-refractivity contribution in [1.29, 1.82) is 0 Å². The Balaban J connectivity index is 3.32. The highest BCUT2D eigenvalue weighted by atomic mass is 16.5. The van der Waals surface area contributed by atoms with Crippen LogP contribution in [0.5, 0.6) is 0 Å². The van der Waals surface area contributed by atoms with E-state index in [0.717, 1.165) is 25.9 Å². The molecule has 0 aliphatic rings. The van der Waals surface area contributed by atoms with Crippen molar-refractivity contribution in [2.45, 2.75) is 45.3 Å². The summed E-state index contributed by atoms with van der Waals surface area (Å²) in [5, 5.41) is 11.9. The average molecular weight is 189 g/mol. The van der Waals surface area contributed by atoms with Crippen LogP contribution in [-0.4, -0.2) is 37.5 Å². The van der Waals surface area contributed by atoms with Crippen LogP contribution in [0, 0.1) is 0 Å². The van der Waals surface area contributed by atoms with E-state index in [1.54, 1.807) is 0 Å². The predicted octanol–water partition coefficient (Wildman–Crippen LogP) is 1.16. The minimum atomic E-state index is 0.175. The SMILES string of the molecule is CCCC(C)OCCC(CO)NC. The summed E-state index contributed by atoms with van der Waals surface area (Å²) < 4.78 is 5.57. The lowest BCUT2D eigenvalue weighted by Crippen LogP contribution is -2.30. The second-order valence-electron chi connectivity index (χ2n) is 3.43. The first-order valence-corrected chi connectivity index (χ1v) is 5.14. The van der Waals surface area contributed by atoms with Crippen molar-refractivity contribution in [2.24, 2.45) is 0 Å². The van der Waals surface area contributed by atoms with E-state index in [0.29, 0.717) is 6.10 Å². The fraction of sp³-hybridized carbons (Fsp3) is 1.00. The van der Waals surface area contributed by atoms with Crippen LogP contribution in [0.2, 0.25) is 0 Å². The summed E-state index contributed by atoms with van der Waals surface area (Å²) in [7, 11) is 1.86. The molecular weight excluding hydrogens is 166 g/mol. The fourth-order valence-corrected chi connectivity index (χ4v) is 1.23. The standard InChI is InChI=1S/C10H23NO2/c1-4-5-9(2)13-7-6-10(8-12)11-3/h9-12H,4-8H2,1-3H3. The molecule has 0 fully saturated rings. The Bertz CT molecular complexity index is 105. The van der Waals surface area contributed by atoms with Gasteiger partial charge in [0.15, 0.2) is 0 Å². The fourth-order valence-electron chi connectivity index (χ4n) is 1.23. The quantitative estimate of drug-likeness (QED) is 0.602. The third-order valence-corrected chi connectivity index (χ3v) is 2.19. The van der Waals surface area contributed by atoms with E-state index in [9.17, 15) is 0 Å². The zero-order valence-electron chi connectivity index (χ0n) is 9.05. The van der Waals surface area contributed by atoms with Crippen molar-refractivity contribution < 1.29 is 9.84 Å². The molecule has 0 bridgehead atoms. The lowest BCUT2D eigenvalue weighted by molar-refractivity contribution is 0.0500. The van der Waals surface area contributed by atoms with Gasteiger partial charge in [0.1, 0.15) is 0 Å². The summed E-state index contributed by atoms with van der Waals surface area (Å²) >= 11 is 0. The molecule has 0 aromatic heterocycles. The van der Waals surface area contributed by atoms with Gasteiger partial charge in [-0.15, -0.1) is 0 Å². The van der Waals surface area contributed by atoms with E-state index < -0.39 is 0 Å². The second-order valence-corrected chi connectivity index (χ2v) is 3.43. The Kier molecular flexibility index (Phi) is 8.40. The Morgan fingerprint density at radius 3 is 2.54 bits per heavy atom. The molecule has 2 unspecified atom stereocenters. The first kappa shape index (κ1) is 12.9. The van der Waals surface area contributed by atoms with Gasteiger partial charge in [-0.25, -0.2) is 0 Å². The second kappa shape index (κ2) is 8.48. The molecule has 0 aliphatic carbocycles. The van der Waals surface area contributed by atoms with Crippen LogP contribution in [-0.2, 0) is 4.74 Å². The van der Waals surface area contributed by atoms with Gasteiger partial charge in [0, 0.05) is 12.6 Å². The van der Waals surface area contributed by atoms with Gasteiger partial charge in [-0.1, -0.05) is 13.3 Å². The molecule has 0 amide bonds. The van der Waals surface area contributed by atoms with Crippen LogP contribution in [0.15, 0.2) is 0 Å². The van der Waals surface area contributed by atoms with E-state index in [-0.39, 0.29) is 12.6 Å². The normalized spacial score (nSPS) is 15.7. The molecule has 0 aromatic carbocycles. The number of ether oxygens (including phenoxy) is 1. The van der Waals surface area contributed by atoms with Gasteiger partial charge in [0.25, 0.3) is 0 Å². The maximum atomic E-state index is 8.88. The van der Waals surface area contributed by atoms with Crippen LogP contribution >= 0.6 is 0 Å². The van der Waals surface area contributed by atoms with Crippen molar-refractivity contribution in [3.8, 4) is 0 Å². The van der Waals surface area contributed by atoms with E-state index in [1.807, 2.05) is 7.05 Å². The van der Waals surface area contributed by atoms with Crippen LogP contribution in [0.1, 0.15) is 33.1 Å². The van der Waals surface area contributed by atoms with Gasteiger partial charge in [-0.3, -0.25) is 0 Å². The Hall–Kier alpha value is -0.120. The van der Waals surface area contributed by atoms with Crippen molar-refractivity contribution in [3.63, 3.8) is 0 Å². The minimum Gasteiger partial charge on any atom is -0.395 e. The molecule has 0 heterocycles. The van der Waals surface area contributed by atoms with Crippen molar-refractivity contribution in [1.82, 2.24) is 5.32 Å². The van der Waals surface area contributed by atoms with E-state index in [2.05, 4.69) is 19.2 Å². The maximum absolute atomic E-state index is 8.88. The number of rotatable bonds is 8. The molecule has 0 aliphatic heterocycles. The van der Waals surface area contributed by atoms with Gasteiger partial charge in [-0.05, 0) is 26.8 Å². The van der Waals surface area contributed by atoms with Gasteiger partial charge in [-0.2, -0.15) is 0 Å². The first-order valence-electron chi connectivity index (χ1n) is 5.14. The minimum absolute atomic E-state index is 0.175. The first-order chi connectivity index (χ1) is 6.24. The summed E-state index contributed by atoms with van der Waals surface area (Å²) in [6, 6.07) is 0.175. The number of aliphatic hydroxyl groups is 1. The highest BCUT2D eigenvalue weighted by Crippen LogP contribution is 2.02. The van der Waals surface area contributed by atoms with Crippen LogP contribution < -0.4 is 5.32 Å². The molecule has 0 saturated heterocycles. The van der Waals surface area contributed by atoms with Crippen molar-refractivity contribution in [2.75, 3.05) is 20.3 Å². The summed E-state index contributed by atoms with van der Waals surface area (Å²) in [4.78, 5) is 0. The average Bonchev–Trinajstić information content (AvgIpc) is 2.13. The molecule has 0 radical (unpaired) electrons. The monoisotopic (exact) mass is 189 g/mol. The zero-order chi connectivity index (χ0) is 10.1. The number of aliphatic hydroxyl groups excluding tert-OH is 1.